The van der Waals surface area contributed by atoms with Crippen LogP contribution in [0.4, 0.5) is 0 Å². The van der Waals surface area contributed by atoms with E-state index >= 15 is 0 Å². The molecule has 1 heterocycles. The molecule has 3 aromatic carbocycles. The number of nitriles is 1. The molecule has 0 radical (unpaired) electrons. The van der Waals surface area contributed by atoms with Crippen LogP contribution >= 0.6 is 0 Å². The number of benzene rings is 3. The van der Waals surface area contributed by atoms with Crippen LogP contribution in [0.3, 0.4) is 0 Å². The van der Waals surface area contributed by atoms with Gasteiger partial charge in [0.15, 0.2) is 0 Å². The van der Waals surface area contributed by atoms with Crippen LogP contribution < -0.4 is 10.5 Å². The van der Waals surface area contributed by atoms with Crippen molar-refractivity contribution in [3.05, 3.63) is 71.8 Å². The third-order valence-corrected chi connectivity index (χ3v) is 8.15. The van der Waals surface area contributed by atoms with E-state index < -0.39 is 22.0 Å². The van der Waals surface area contributed by atoms with Crippen LogP contribution in [0.1, 0.15) is 24.0 Å². The number of primary amides is 1. The van der Waals surface area contributed by atoms with Crippen LogP contribution in [0.25, 0.3) is 10.8 Å². The maximum absolute atomic E-state index is 13.8. The van der Waals surface area contributed by atoms with E-state index in [-0.39, 0.29) is 36.7 Å². The van der Waals surface area contributed by atoms with Gasteiger partial charge in [-0.1, -0.05) is 24.3 Å². The van der Waals surface area contributed by atoms with Gasteiger partial charge in [-0.15, -0.1) is 0 Å². The van der Waals surface area contributed by atoms with Gasteiger partial charge in [0.1, 0.15) is 11.8 Å². The van der Waals surface area contributed by atoms with Crippen molar-refractivity contribution >= 4 is 32.6 Å². The molecule has 3 aromatic rings. The summed E-state index contributed by atoms with van der Waals surface area (Å²) in [5.74, 6) is -0.424. The first-order valence-corrected chi connectivity index (χ1v) is 12.8. The normalized spacial score (nSPS) is 15.9. The first-order valence-electron chi connectivity index (χ1n) is 11.4. The van der Waals surface area contributed by atoms with Gasteiger partial charge in [-0.05, 0) is 59.2 Å². The molecule has 2 N–H and O–H groups in total. The van der Waals surface area contributed by atoms with Crippen molar-refractivity contribution in [3.63, 3.8) is 0 Å². The Hall–Kier alpha value is -3.94. The lowest BCUT2D eigenvalue weighted by molar-refractivity contribution is -0.131. The van der Waals surface area contributed by atoms with Crippen molar-refractivity contribution in [1.82, 2.24) is 9.21 Å². The smallest absolute Gasteiger partial charge is 0.243 e. The average Bonchev–Trinajstić information content (AvgIpc) is 3.22. The van der Waals surface area contributed by atoms with Crippen molar-refractivity contribution < 1.29 is 22.7 Å². The van der Waals surface area contributed by atoms with Crippen LogP contribution in [0.15, 0.2) is 65.6 Å². The van der Waals surface area contributed by atoms with Gasteiger partial charge in [-0.3, -0.25) is 9.59 Å². The van der Waals surface area contributed by atoms with Crippen LogP contribution in [-0.4, -0.2) is 55.7 Å². The molecule has 36 heavy (non-hydrogen) atoms. The van der Waals surface area contributed by atoms with Crippen molar-refractivity contribution in [2.75, 3.05) is 20.2 Å². The minimum Gasteiger partial charge on any atom is -0.497 e. The number of carbonyl (C=O) groups excluding carboxylic acids is 2. The Bertz CT molecular complexity index is 1460. The molecule has 2 amide bonds. The molecule has 4 rings (SSSR count). The molecule has 0 unspecified atom stereocenters. The summed E-state index contributed by atoms with van der Waals surface area (Å²) in [5.41, 5.74) is 6.58. The van der Waals surface area contributed by atoms with Gasteiger partial charge >= 0.3 is 0 Å². The van der Waals surface area contributed by atoms with Crippen LogP contribution in [0, 0.1) is 11.3 Å². The lowest BCUT2D eigenvalue weighted by atomic mass is 10.1. The molecular formula is C26H26N4O5S. The van der Waals surface area contributed by atoms with Crippen molar-refractivity contribution in [2.45, 2.75) is 30.3 Å². The molecule has 0 aromatic heterocycles. The highest BCUT2D eigenvalue weighted by molar-refractivity contribution is 7.89. The minimum atomic E-state index is -4.14. The maximum atomic E-state index is 13.8. The zero-order valence-corrected chi connectivity index (χ0v) is 20.6. The quantitative estimate of drug-likeness (QED) is 0.474. The minimum absolute atomic E-state index is 0.0145. The van der Waals surface area contributed by atoms with Crippen LogP contribution in [0.5, 0.6) is 5.75 Å². The fourth-order valence-corrected chi connectivity index (χ4v) is 6.04. The second-order valence-corrected chi connectivity index (χ2v) is 10.5. The summed E-state index contributed by atoms with van der Waals surface area (Å²) in [4.78, 5) is 26.5. The van der Waals surface area contributed by atoms with Gasteiger partial charge in [0.25, 0.3) is 0 Å². The van der Waals surface area contributed by atoms with Gasteiger partial charge in [-0.25, -0.2) is 8.42 Å². The number of fused-ring (bicyclic) bond motifs is 1. The average molecular weight is 507 g/mol. The molecular weight excluding hydrogens is 480 g/mol. The highest BCUT2D eigenvalue weighted by Crippen LogP contribution is 2.29. The summed E-state index contributed by atoms with van der Waals surface area (Å²) >= 11 is 0. The van der Waals surface area contributed by atoms with E-state index in [9.17, 15) is 18.0 Å². The Kier molecular flexibility index (Phi) is 7.24. The van der Waals surface area contributed by atoms with E-state index in [1.807, 2.05) is 12.1 Å². The summed E-state index contributed by atoms with van der Waals surface area (Å²) < 4.78 is 33.9. The van der Waals surface area contributed by atoms with Crippen molar-refractivity contribution in [2.24, 2.45) is 5.73 Å². The molecule has 0 saturated carbocycles. The zero-order valence-electron chi connectivity index (χ0n) is 19.8. The number of nitrogens with zero attached hydrogens (tertiary/aromatic N) is 3. The van der Waals surface area contributed by atoms with Crippen LogP contribution in [-0.2, 0) is 26.2 Å². The second-order valence-electron chi connectivity index (χ2n) is 8.58. The number of sulfonamides is 1. The van der Waals surface area contributed by atoms with E-state index in [4.69, 9.17) is 15.7 Å². The lowest BCUT2D eigenvalue weighted by Crippen LogP contribution is -2.46. The summed E-state index contributed by atoms with van der Waals surface area (Å²) in [7, 11) is -2.61. The fourth-order valence-electron chi connectivity index (χ4n) is 4.40. The number of ether oxygens (including phenoxy) is 1. The third-order valence-electron chi connectivity index (χ3n) is 6.25. The highest BCUT2D eigenvalue weighted by atomic mass is 32.2. The standard InChI is InChI=1S/C26H26N4O5S/c1-35-22-7-5-20-6-8-23(15-21(20)14-22)36(33,34)30(12-10-25(28)31)24-9-11-29(26(24)32)17-19-4-2-3-18(13-19)16-27/h2-8,13-15,24H,9-12,17H2,1H3,(H2,28,31)/t24-/m0/s1. The van der Waals surface area contributed by atoms with Gasteiger partial charge in [0.05, 0.1) is 23.6 Å². The molecule has 1 aliphatic rings. The van der Waals surface area contributed by atoms with Crippen molar-refractivity contribution in [1.29, 1.82) is 5.26 Å². The van der Waals surface area contributed by atoms with E-state index in [1.165, 1.54) is 19.2 Å². The molecule has 1 saturated heterocycles. The number of carbonyl (C=O) groups is 2. The van der Waals surface area contributed by atoms with Gasteiger partial charge in [-0.2, -0.15) is 9.57 Å². The van der Waals surface area contributed by atoms with E-state index in [1.54, 1.807) is 41.3 Å². The number of hydrogen-bond donors (Lipinski definition) is 1. The Morgan fingerprint density at radius 3 is 2.67 bits per heavy atom. The number of likely N-dealkylation sites (tertiary alicyclic amines) is 1. The summed E-state index contributed by atoms with van der Waals surface area (Å²) in [6.07, 6.45) is 0.0603. The Morgan fingerprint density at radius 2 is 1.94 bits per heavy atom. The predicted molar refractivity (Wildman–Crippen MR) is 133 cm³/mol. The van der Waals surface area contributed by atoms with E-state index in [0.29, 0.717) is 23.2 Å². The predicted octanol–water partition coefficient (Wildman–Crippen LogP) is 2.39. The number of methoxy groups -OCH3 is 1. The van der Waals surface area contributed by atoms with E-state index in [0.717, 1.165) is 15.3 Å². The maximum Gasteiger partial charge on any atom is 0.243 e. The first kappa shape index (κ1) is 25.2. The topological polar surface area (TPSA) is 134 Å². The van der Waals surface area contributed by atoms with Gasteiger partial charge in [0, 0.05) is 26.1 Å². The third kappa shape index (κ3) is 5.17. The molecule has 0 spiro atoms. The zero-order chi connectivity index (χ0) is 25.9. The summed E-state index contributed by atoms with van der Waals surface area (Å²) in [6, 6.07) is 18.1. The van der Waals surface area contributed by atoms with Crippen molar-refractivity contribution in [3.8, 4) is 11.8 Å². The number of nitrogens with two attached hydrogens (primary N) is 1. The molecule has 10 heteroatoms. The van der Waals surface area contributed by atoms with E-state index in [2.05, 4.69) is 6.07 Å². The molecule has 0 bridgehead atoms. The first-order chi connectivity index (χ1) is 17.2. The molecule has 1 aliphatic heterocycles. The Labute approximate surface area is 209 Å². The summed E-state index contributed by atoms with van der Waals surface area (Å²) in [5, 5.41) is 10.6. The second kappa shape index (κ2) is 10.4. The molecule has 1 atom stereocenters. The number of hydrogen-bond acceptors (Lipinski definition) is 6. The van der Waals surface area contributed by atoms with Gasteiger partial charge < -0.3 is 15.4 Å². The van der Waals surface area contributed by atoms with Crippen LogP contribution in [0.2, 0.25) is 0 Å². The molecule has 0 aliphatic carbocycles. The molecule has 9 nitrogen and oxygen atoms in total. The van der Waals surface area contributed by atoms with Gasteiger partial charge in [0.2, 0.25) is 21.8 Å². The largest absolute Gasteiger partial charge is 0.497 e. The SMILES string of the molecule is COc1ccc2ccc(S(=O)(=O)N(CCC(N)=O)[C@H]3CCN(Cc4cccc(C#N)c4)C3=O)cc2c1. The molecule has 1 fully saturated rings. The fraction of sp³-hybridized carbons (Fsp3) is 0.269. The number of amides is 2. The summed E-state index contributed by atoms with van der Waals surface area (Å²) in [6.45, 7) is 0.393. The Morgan fingerprint density at radius 1 is 1.17 bits per heavy atom. The monoisotopic (exact) mass is 506 g/mol. The highest BCUT2D eigenvalue weighted by Gasteiger charge is 2.42. The Balaban J connectivity index is 1.64. The molecule has 186 valence electrons. The lowest BCUT2D eigenvalue weighted by Gasteiger charge is -2.27. The number of rotatable bonds is 9.